The number of hydrogen-bond donors (Lipinski definition) is 2. The molecule has 0 fully saturated rings. The molecule has 4 nitrogen and oxygen atoms in total. The largest absolute Gasteiger partial charge is 0.506 e. The fourth-order valence-electron chi connectivity index (χ4n) is 3.40. The molecule has 28 heavy (non-hydrogen) atoms. The van der Waals surface area contributed by atoms with Gasteiger partial charge in [-0.1, -0.05) is 11.6 Å². The van der Waals surface area contributed by atoms with Crippen molar-refractivity contribution < 1.29 is 14.3 Å². The highest BCUT2D eigenvalue weighted by Crippen LogP contribution is 2.29. The van der Waals surface area contributed by atoms with Crippen LogP contribution < -0.4 is 5.32 Å². The SMILES string of the molecule is Cc1c(C)c(C)c(Cc2ccc(C(=O)Nc3cc(Cl)ccc3O)o2)c(C)c1C. The molecule has 0 unspecified atom stereocenters. The molecule has 0 saturated heterocycles. The third-order valence-corrected chi connectivity index (χ3v) is 5.83. The second-order valence-electron chi connectivity index (χ2n) is 7.16. The summed E-state index contributed by atoms with van der Waals surface area (Å²) in [5.74, 6) is 0.412. The lowest BCUT2D eigenvalue weighted by Gasteiger charge is -2.18. The first-order valence-corrected chi connectivity index (χ1v) is 9.51. The van der Waals surface area contributed by atoms with Crippen molar-refractivity contribution >= 4 is 23.2 Å². The second-order valence-corrected chi connectivity index (χ2v) is 7.60. The fourth-order valence-corrected chi connectivity index (χ4v) is 3.58. The normalized spacial score (nSPS) is 10.9. The van der Waals surface area contributed by atoms with E-state index in [-0.39, 0.29) is 17.2 Å². The summed E-state index contributed by atoms with van der Waals surface area (Å²) < 4.78 is 5.79. The lowest BCUT2D eigenvalue weighted by atomic mass is 9.88. The van der Waals surface area contributed by atoms with Gasteiger partial charge in [-0.05, 0) is 98.3 Å². The summed E-state index contributed by atoms with van der Waals surface area (Å²) in [7, 11) is 0. The fraction of sp³-hybridized carbons (Fsp3) is 0.261. The summed E-state index contributed by atoms with van der Waals surface area (Å²) in [4.78, 5) is 12.5. The number of phenols is 1. The van der Waals surface area contributed by atoms with Gasteiger partial charge in [-0.3, -0.25) is 4.79 Å². The van der Waals surface area contributed by atoms with E-state index in [0.29, 0.717) is 17.2 Å². The van der Waals surface area contributed by atoms with Crippen LogP contribution in [0.1, 0.15) is 49.7 Å². The van der Waals surface area contributed by atoms with Gasteiger partial charge in [0.1, 0.15) is 11.5 Å². The van der Waals surface area contributed by atoms with Crippen LogP contribution >= 0.6 is 11.6 Å². The van der Waals surface area contributed by atoms with Gasteiger partial charge in [0.15, 0.2) is 5.76 Å². The Labute approximate surface area is 170 Å². The summed E-state index contributed by atoms with van der Waals surface area (Å²) in [6.45, 7) is 10.7. The molecule has 3 aromatic rings. The molecule has 0 atom stereocenters. The lowest BCUT2D eigenvalue weighted by molar-refractivity contribution is 0.0994. The quantitative estimate of drug-likeness (QED) is 0.529. The van der Waals surface area contributed by atoms with Crippen molar-refractivity contribution in [1.29, 1.82) is 0 Å². The van der Waals surface area contributed by atoms with Crippen LogP contribution in [0.3, 0.4) is 0 Å². The average Bonchev–Trinajstić information content (AvgIpc) is 3.14. The zero-order chi connectivity index (χ0) is 20.6. The molecule has 1 amide bonds. The average molecular weight is 398 g/mol. The Morgan fingerprint density at radius 1 is 0.964 bits per heavy atom. The first-order chi connectivity index (χ1) is 13.2. The molecule has 0 aliphatic rings. The Balaban J connectivity index is 1.83. The summed E-state index contributed by atoms with van der Waals surface area (Å²) in [6, 6.07) is 7.93. The number of benzene rings is 2. The number of carbonyl (C=O) groups excluding carboxylic acids is 1. The first kappa shape index (κ1) is 20.0. The van der Waals surface area contributed by atoms with Gasteiger partial charge in [-0.2, -0.15) is 0 Å². The number of furan rings is 1. The van der Waals surface area contributed by atoms with Crippen LogP contribution in [0.15, 0.2) is 34.7 Å². The zero-order valence-corrected chi connectivity index (χ0v) is 17.5. The highest BCUT2D eigenvalue weighted by Gasteiger charge is 2.17. The molecule has 0 saturated carbocycles. The molecular weight excluding hydrogens is 374 g/mol. The minimum atomic E-state index is -0.437. The van der Waals surface area contributed by atoms with Crippen LogP contribution in [-0.4, -0.2) is 11.0 Å². The number of carbonyl (C=O) groups is 1. The molecule has 0 bridgehead atoms. The smallest absolute Gasteiger partial charge is 0.291 e. The van der Waals surface area contributed by atoms with Gasteiger partial charge in [0.25, 0.3) is 5.91 Å². The molecule has 0 aliphatic heterocycles. The van der Waals surface area contributed by atoms with E-state index < -0.39 is 5.91 Å². The number of amides is 1. The molecule has 2 aromatic carbocycles. The minimum absolute atomic E-state index is 0.0543. The number of aromatic hydroxyl groups is 1. The predicted octanol–water partition coefficient (Wildman–Crippen LogP) is 6.02. The molecular formula is C23H24ClNO3. The van der Waals surface area contributed by atoms with E-state index >= 15 is 0 Å². The Bertz CT molecular complexity index is 1040. The maximum atomic E-state index is 12.5. The number of nitrogens with one attached hydrogen (secondary N) is 1. The number of halogens is 1. The molecule has 5 heteroatoms. The molecule has 1 aromatic heterocycles. The monoisotopic (exact) mass is 397 g/mol. The van der Waals surface area contributed by atoms with Gasteiger partial charge >= 0.3 is 0 Å². The molecule has 0 spiro atoms. The topological polar surface area (TPSA) is 62.5 Å². The molecule has 146 valence electrons. The van der Waals surface area contributed by atoms with Crippen molar-refractivity contribution in [3.05, 3.63) is 80.3 Å². The third kappa shape index (κ3) is 3.78. The van der Waals surface area contributed by atoms with Gasteiger partial charge in [-0.15, -0.1) is 0 Å². The Kier molecular flexibility index (Phi) is 5.52. The Morgan fingerprint density at radius 3 is 2.21 bits per heavy atom. The van der Waals surface area contributed by atoms with Crippen molar-refractivity contribution in [1.82, 2.24) is 0 Å². The van der Waals surface area contributed by atoms with E-state index in [0.717, 1.165) is 0 Å². The summed E-state index contributed by atoms with van der Waals surface area (Å²) in [5.41, 5.74) is 7.89. The van der Waals surface area contributed by atoms with Crippen molar-refractivity contribution in [2.45, 2.75) is 41.0 Å². The maximum Gasteiger partial charge on any atom is 0.291 e. The highest BCUT2D eigenvalue weighted by molar-refractivity contribution is 6.31. The second kappa shape index (κ2) is 7.72. The van der Waals surface area contributed by atoms with Crippen LogP contribution in [0.2, 0.25) is 5.02 Å². The molecule has 0 radical (unpaired) electrons. The molecule has 1 heterocycles. The summed E-state index contributed by atoms with van der Waals surface area (Å²) in [5, 5.41) is 12.9. The Morgan fingerprint density at radius 2 is 1.57 bits per heavy atom. The first-order valence-electron chi connectivity index (χ1n) is 9.13. The maximum absolute atomic E-state index is 12.5. The number of anilines is 1. The van der Waals surface area contributed by atoms with Gasteiger partial charge < -0.3 is 14.8 Å². The van der Waals surface area contributed by atoms with Gasteiger partial charge in [-0.25, -0.2) is 0 Å². The summed E-state index contributed by atoms with van der Waals surface area (Å²) >= 11 is 5.92. The van der Waals surface area contributed by atoms with E-state index in [4.69, 9.17) is 16.0 Å². The van der Waals surface area contributed by atoms with Crippen LogP contribution in [0.4, 0.5) is 5.69 Å². The summed E-state index contributed by atoms with van der Waals surface area (Å²) in [6.07, 6.45) is 0.620. The Hall–Kier alpha value is -2.72. The number of phenolic OH excluding ortho intramolecular Hbond substituents is 1. The third-order valence-electron chi connectivity index (χ3n) is 5.60. The van der Waals surface area contributed by atoms with Crippen LogP contribution in [0.25, 0.3) is 0 Å². The minimum Gasteiger partial charge on any atom is -0.506 e. The molecule has 3 rings (SSSR count). The van der Waals surface area contributed by atoms with Crippen molar-refractivity contribution in [3.8, 4) is 5.75 Å². The van der Waals surface area contributed by atoms with Gasteiger partial charge in [0.2, 0.25) is 0 Å². The van der Waals surface area contributed by atoms with Crippen molar-refractivity contribution in [2.24, 2.45) is 0 Å². The van der Waals surface area contributed by atoms with Crippen molar-refractivity contribution in [3.63, 3.8) is 0 Å². The predicted molar refractivity (Wildman–Crippen MR) is 113 cm³/mol. The van der Waals surface area contributed by atoms with E-state index in [9.17, 15) is 9.90 Å². The lowest BCUT2D eigenvalue weighted by Crippen LogP contribution is -2.11. The van der Waals surface area contributed by atoms with Crippen molar-refractivity contribution in [2.75, 3.05) is 5.32 Å². The van der Waals surface area contributed by atoms with Crippen LogP contribution in [0, 0.1) is 34.6 Å². The van der Waals surface area contributed by atoms with Crippen LogP contribution in [-0.2, 0) is 6.42 Å². The number of hydrogen-bond acceptors (Lipinski definition) is 3. The van der Waals surface area contributed by atoms with E-state index in [1.165, 1.54) is 45.5 Å². The highest BCUT2D eigenvalue weighted by atomic mass is 35.5. The van der Waals surface area contributed by atoms with E-state index in [2.05, 4.69) is 39.9 Å². The van der Waals surface area contributed by atoms with E-state index in [1.54, 1.807) is 12.1 Å². The van der Waals surface area contributed by atoms with Gasteiger partial charge in [0.05, 0.1) is 5.69 Å². The van der Waals surface area contributed by atoms with Gasteiger partial charge in [0, 0.05) is 11.4 Å². The molecule has 0 aliphatic carbocycles. The van der Waals surface area contributed by atoms with E-state index in [1.807, 2.05) is 6.07 Å². The molecule has 2 N–H and O–H groups in total. The standard InChI is InChI=1S/C23H24ClNO3/c1-12-13(2)15(4)19(16(5)14(12)3)11-18-7-9-22(28-18)23(27)25-20-10-17(24)6-8-21(20)26/h6-10,26H,11H2,1-5H3,(H,25,27). The number of rotatable bonds is 4. The van der Waals surface area contributed by atoms with Crippen LogP contribution in [0.5, 0.6) is 5.75 Å². The zero-order valence-electron chi connectivity index (χ0n) is 16.7.